The average Bonchev–Trinajstić information content (AvgIpc) is 2.99. The van der Waals surface area contributed by atoms with Gasteiger partial charge in [0.2, 0.25) is 0 Å². The molecule has 2 heterocycles. The third-order valence-electron chi connectivity index (χ3n) is 4.97. The Kier molecular flexibility index (Phi) is 6.76. The fourth-order valence-corrected chi connectivity index (χ4v) is 4.19. The first-order valence-corrected chi connectivity index (χ1v) is 10.0. The van der Waals surface area contributed by atoms with Crippen molar-refractivity contribution in [3.05, 3.63) is 38.6 Å². The summed E-state index contributed by atoms with van der Waals surface area (Å²) in [7, 11) is 1.50. The minimum absolute atomic E-state index is 0.0778. The van der Waals surface area contributed by atoms with E-state index in [1.54, 1.807) is 17.0 Å². The fraction of sp³-hybridized carbons (Fsp3) is 0.444. The van der Waals surface area contributed by atoms with Crippen LogP contribution < -0.4 is 9.64 Å². The molecule has 0 saturated carbocycles. The van der Waals surface area contributed by atoms with E-state index in [0.29, 0.717) is 48.3 Å². The molecule has 0 amide bonds. The van der Waals surface area contributed by atoms with Crippen LogP contribution in [0.4, 0.5) is 18.9 Å². The summed E-state index contributed by atoms with van der Waals surface area (Å²) >= 11 is 18.2. The van der Waals surface area contributed by atoms with Gasteiger partial charge in [-0.05, 0) is 13.0 Å². The molecule has 1 aromatic carbocycles. The van der Waals surface area contributed by atoms with Gasteiger partial charge in [0.15, 0.2) is 18.1 Å². The van der Waals surface area contributed by atoms with Crippen molar-refractivity contribution in [1.82, 2.24) is 14.7 Å². The van der Waals surface area contributed by atoms with Crippen molar-refractivity contribution < 1.29 is 22.7 Å². The summed E-state index contributed by atoms with van der Waals surface area (Å²) in [4.78, 5) is 15.5. The molecule has 1 fully saturated rings. The maximum atomic E-state index is 13.1. The van der Waals surface area contributed by atoms with Crippen LogP contribution in [-0.4, -0.2) is 54.3 Å². The predicted molar refractivity (Wildman–Crippen MR) is 109 cm³/mol. The van der Waals surface area contributed by atoms with Crippen LogP contribution in [0.25, 0.3) is 0 Å². The van der Waals surface area contributed by atoms with E-state index in [1.165, 1.54) is 14.0 Å². The van der Waals surface area contributed by atoms with Gasteiger partial charge in [0.1, 0.15) is 5.75 Å². The number of ether oxygens (including phenoxy) is 1. The van der Waals surface area contributed by atoms with Crippen LogP contribution in [0.5, 0.6) is 5.75 Å². The summed E-state index contributed by atoms with van der Waals surface area (Å²) in [6.45, 7) is 3.15. The molecule has 1 atom stereocenters. The van der Waals surface area contributed by atoms with Crippen molar-refractivity contribution in [2.45, 2.75) is 19.3 Å². The predicted octanol–water partition coefficient (Wildman–Crippen LogP) is 4.70. The van der Waals surface area contributed by atoms with Crippen LogP contribution in [0.2, 0.25) is 15.1 Å². The lowest BCUT2D eigenvalue weighted by Gasteiger charge is -2.39. The number of rotatable bonds is 5. The lowest BCUT2D eigenvalue weighted by molar-refractivity contribution is -0.142. The lowest BCUT2D eigenvalue weighted by Crippen LogP contribution is -2.49. The molecule has 0 bridgehead atoms. The van der Waals surface area contributed by atoms with Crippen molar-refractivity contribution in [3.63, 3.8) is 0 Å². The Morgan fingerprint density at radius 1 is 1.13 bits per heavy atom. The van der Waals surface area contributed by atoms with Crippen LogP contribution in [0, 0.1) is 6.92 Å². The number of carbonyl (C=O) groups is 1. The van der Waals surface area contributed by atoms with E-state index in [2.05, 4.69) is 5.10 Å². The Morgan fingerprint density at radius 2 is 1.77 bits per heavy atom. The summed E-state index contributed by atoms with van der Waals surface area (Å²) in [5, 5.41) is 3.90. The topological polar surface area (TPSA) is 50.6 Å². The first kappa shape index (κ1) is 23.0. The minimum Gasteiger partial charge on any atom is -0.495 e. The largest absolute Gasteiger partial charge is 0.495 e. The van der Waals surface area contributed by atoms with Gasteiger partial charge in [-0.2, -0.15) is 18.3 Å². The van der Waals surface area contributed by atoms with Gasteiger partial charge >= 0.3 is 6.18 Å². The van der Waals surface area contributed by atoms with Crippen LogP contribution >= 0.6 is 34.8 Å². The molecule has 0 aliphatic carbocycles. The van der Waals surface area contributed by atoms with Crippen molar-refractivity contribution in [2.24, 2.45) is 0 Å². The summed E-state index contributed by atoms with van der Waals surface area (Å²) in [6, 6.07) is 3.32. The van der Waals surface area contributed by atoms with Gasteiger partial charge in [-0.1, -0.05) is 34.8 Å². The Balaban J connectivity index is 1.80. The molecule has 0 radical (unpaired) electrons. The quantitative estimate of drug-likeness (QED) is 0.575. The zero-order valence-electron chi connectivity index (χ0n) is 16.0. The normalized spacial score (nSPS) is 16.6. The van der Waals surface area contributed by atoms with Crippen molar-refractivity contribution in [2.75, 3.05) is 38.2 Å². The zero-order chi connectivity index (χ0) is 22.2. The third kappa shape index (κ3) is 4.34. The highest BCUT2D eigenvalue weighted by molar-refractivity contribution is 6.37. The SMILES string of the molecule is COc1cc(N2CCN(C(C=O)n3nc(C(F)(F)F)c(Cl)c3C)CC2)c(Cl)cc1Cl. The van der Waals surface area contributed by atoms with E-state index >= 15 is 0 Å². The molecule has 1 aromatic heterocycles. The van der Waals surface area contributed by atoms with Crippen LogP contribution in [-0.2, 0) is 11.0 Å². The fourth-order valence-electron chi connectivity index (χ4n) is 3.38. The second kappa shape index (κ2) is 8.82. The maximum absolute atomic E-state index is 13.1. The number of aromatic nitrogens is 2. The van der Waals surface area contributed by atoms with Crippen LogP contribution in [0.1, 0.15) is 17.6 Å². The first-order valence-electron chi connectivity index (χ1n) is 8.87. The van der Waals surface area contributed by atoms with E-state index in [9.17, 15) is 18.0 Å². The number of carbonyl (C=O) groups excluding carboxylic acids is 1. The Morgan fingerprint density at radius 3 is 2.27 bits per heavy atom. The number of methoxy groups -OCH3 is 1. The van der Waals surface area contributed by atoms with E-state index in [1.807, 2.05) is 4.90 Å². The minimum atomic E-state index is -4.70. The molecule has 30 heavy (non-hydrogen) atoms. The molecular formula is C18H18Cl3F3N4O2. The van der Waals surface area contributed by atoms with E-state index < -0.39 is 23.1 Å². The van der Waals surface area contributed by atoms with Gasteiger partial charge in [-0.3, -0.25) is 9.69 Å². The molecule has 12 heteroatoms. The van der Waals surface area contributed by atoms with Gasteiger partial charge in [-0.25, -0.2) is 4.68 Å². The monoisotopic (exact) mass is 484 g/mol. The maximum Gasteiger partial charge on any atom is 0.436 e. The Labute approximate surface area is 186 Å². The van der Waals surface area contributed by atoms with Gasteiger partial charge < -0.3 is 9.64 Å². The summed E-state index contributed by atoms with van der Waals surface area (Å²) < 4.78 is 45.6. The number of piperazine rings is 1. The number of halogens is 6. The number of benzene rings is 1. The summed E-state index contributed by atoms with van der Waals surface area (Å²) in [5.41, 5.74) is -0.404. The standard InChI is InChI=1S/C18H18Cl3F3N4O2/c1-10-16(21)17(18(22,23)24)25-28(10)15(9-29)27-5-3-26(4-6-27)13-8-14(30-2)12(20)7-11(13)19/h7-9,15H,3-6H2,1-2H3. The molecule has 6 nitrogen and oxygen atoms in total. The molecule has 2 aromatic rings. The third-order valence-corrected chi connectivity index (χ3v) is 6.02. The number of alkyl halides is 3. The van der Waals surface area contributed by atoms with Crippen molar-refractivity contribution in [1.29, 1.82) is 0 Å². The molecule has 1 saturated heterocycles. The van der Waals surface area contributed by atoms with Gasteiger partial charge in [0, 0.05) is 32.2 Å². The molecular weight excluding hydrogens is 468 g/mol. The summed E-state index contributed by atoms with van der Waals surface area (Å²) in [6.07, 6.45) is -5.15. The molecule has 164 valence electrons. The molecule has 0 N–H and O–H groups in total. The summed E-state index contributed by atoms with van der Waals surface area (Å²) in [5.74, 6) is 0.478. The molecule has 1 aliphatic heterocycles. The number of aldehydes is 1. The van der Waals surface area contributed by atoms with E-state index in [0.717, 1.165) is 10.4 Å². The second-order valence-electron chi connectivity index (χ2n) is 6.70. The van der Waals surface area contributed by atoms with E-state index in [-0.39, 0.29) is 5.69 Å². The molecule has 1 aliphatic rings. The van der Waals surface area contributed by atoms with Gasteiger partial charge in [0.05, 0.1) is 33.6 Å². The van der Waals surface area contributed by atoms with Gasteiger partial charge in [-0.15, -0.1) is 0 Å². The number of hydrogen-bond acceptors (Lipinski definition) is 5. The van der Waals surface area contributed by atoms with Crippen LogP contribution in [0.3, 0.4) is 0 Å². The molecule has 1 unspecified atom stereocenters. The van der Waals surface area contributed by atoms with Gasteiger partial charge in [0.25, 0.3) is 0 Å². The van der Waals surface area contributed by atoms with E-state index in [4.69, 9.17) is 39.5 Å². The molecule has 3 rings (SSSR count). The number of nitrogens with zero attached hydrogens (tertiary/aromatic N) is 4. The van der Waals surface area contributed by atoms with Crippen molar-refractivity contribution in [3.8, 4) is 5.75 Å². The smallest absolute Gasteiger partial charge is 0.436 e. The zero-order valence-corrected chi connectivity index (χ0v) is 18.3. The highest BCUT2D eigenvalue weighted by Crippen LogP contribution is 2.38. The van der Waals surface area contributed by atoms with Crippen molar-refractivity contribution >= 4 is 46.8 Å². The number of hydrogen-bond donors (Lipinski definition) is 0. The van der Waals surface area contributed by atoms with Crippen LogP contribution in [0.15, 0.2) is 12.1 Å². The Hall–Kier alpha value is -1.68. The second-order valence-corrected chi connectivity index (χ2v) is 7.89. The molecule has 0 spiro atoms. The average molecular weight is 486 g/mol. The Bertz CT molecular complexity index is 944. The lowest BCUT2D eigenvalue weighted by atomic mass is 10.2. The number of anilines is 1. The first-order chi connectivity index (χ1) is 14.1. The highest BCUT2D eigenvalue weighted by Gasteiger charge is 2.40. The highest BCUT2D eigenvalue weighted by atomic mass is 35.5.